The van der Waals surface area contributed by atoms with Gasteiger partial charge in [-0.15, -0.1) is 0 Å². The molecular formula is C12H12FNO. The van der Waals surface area contributed by atoms with Gasteiger partial charge in [-0.05, 0) is 42.0 Å². The standard InChI is InChI=1S/C12H12FNO/c13-11-5-3-10(4-6-11)12-2-1-7-14(12)8-9-15/h1-7,15H,8-9H2. The van der Waals surface area contributed by atoms with Crippen molar-refractivity contribution in [3.8, 4) is 11.3 Å². The van der Waals surface area contributed by atoms with Gasteiger partial charge >= 0.3 is 0 Å². The van der Waals surface area contributed by atoms with E-state index < -0.39 is 0 Å². The van der Waals surface area contributed by atoms with E-state index >= 15 is 0 Å². The molecule has 2 rings (SSSR count). The Labute approximate surface area is 87.6 Å². The minimum Gasteiger partial charge on any atom is -0.395 e. The first kappa shape index (κ1) is 9.93. The summed E-state index contributed by atoms with van der Waals surface area (Å²) in [6.45, 7) is 0.655. The van der Waals surface area contributed by atoms with Crippen LogP contribution in [0.15, 0.2) is 42.6 Å². The van der Waals surface area contributed by atoms with Crippen LogP contribution in [0.25, 0.3) is 11.3 Å². The number of hydrogen-bond donors (Lipinski definition) is 1. The molecule has 78 valence electrons. The number of aromatic nitrogens is 1. The highest BCUT2D eigenvalue weighted by molar-refractivity contribution is 5.59. The van der Waals surface area contributed by atoms with Crippen molar-refractivity contribution in [3.63, 3.8) is 0 Å². The molecule has 1 N–H and O–H groups in total. The smallest absolute Gasteiger partial charge is 0.123 e. The molecule has 0 saturated carbocycles. The molecule has 15 heavy (non-hydrogen) atoms. The third-order valence-corrected chi connectivity index (χ3v) is 2.31. The first-order chi connectivity index (χ1) is 7.31. The van der Waals surface area contributed by atoms with Gasteiger partial charge in [0.05, 0.1) is 6.61 Å². The lowest BCUT2D eigenvalue weighted by molar-refractivity contribution is 0.277. The van der Waals surface area contributed by atoms with Gasteiger partial charge in [0.25, 0.3) is 0 Å². The summed E-state index contributed by atoms with van der Waals surface area (Å²) in [5.41, 5.74) is 1.94. The van der Waals surface area contributed by atoms with E-state index in [-0.39, 0.29) is 12.4 Å². The number of halogens is 1. The summed E-state index contributed by atoms with van der Waals surface area (Å²) in [5, 5.41) is 8.87. The summed E-state index contributed by atoms with van der Waals surface area (Å²) in [6, 6.07) is 10.2. The normalized spacial score (nSPS) is 10.5. The summed E-state index contributed by atoms with van der Waals surface area (Å²) < 4.78 is 14.7. The summed E-state index contributed by atoms with van der Waals surface area (Å²) in [5.74, 6) is -0.237. The summed E-state index contributed by atoms with van der Waals surface area (Å²) in [7, 11) is 0. The molecule has 0 radical (unpaired) electrons. The zero-order chi connectivity index (χ0) is 10.7. The van der Waals surface area contributed by atoms with Crippen LogP contribution >= 0.6 is 0 Å². The molecule has 1 aromatic carbocycles. The molecule has 3 heteroatoms. The topological polar surface area (TPSA) is 25.2 Å². The molecule has 0 bridgehead atoms. The highest BCUT2D eigenvalue weighted by atomic mass is 19.1. The van der Waals surface area contributed by atoms with Crippen molar-refractivity contribution in [2.24, 2.45) is 0 Å². The molecule has 0 amide bonds. The van der Waals surface area contributed by atoms with Crippen LogP contribution < -0.4 is 0 Å². The second-order valence-electron chi connectivity index (χ2n) is 3.32. The minimum atomic E-state index is -0.237. The number of hydrogen-bond acceptors (Lipinski definition) is 1. The minimum absolute atomic E-state index is 0.100. The monoisotopic (exact) mass is 205 g/mol. The molecule has 0 aliphatic rings. The summed E-state index contributed by atoms with van der Waals surface area (Å²) >= 11 is 0. The molecule has 0 atom stereocenters. The van der Waals surface area contributed by atoms with Gasteiger partial charge in [-0.1, -0.05) is 0 Å². The van der Waals surface area contributed by atoms with Crippen LogP contribution in [0, 0.1) is 5.82 Å². The zero-order valence-electron chi connectivity index (χ0n) is 8.23. The first-order valence-corrected chi connectivity index (χ1v) is 4.83. The predicted octanol–water partition coefficient (Wildman–Crippen LogP) is 2.29. The van der Waals surface area contributed by atoms with Crippen LogP contribution in [0.5, 0.6) is 0 Å². The highest BCUT2D eigenvalue weighted by Crippen LogP contribution is 2.20. The predicted molar refractivity (Wildman–Crippen MR) is 56.9 cm³/mol. The SMILES string of the molecule is OCCn1cccc1-c1ccc(F)cc1. The number of benzene rings is 1. The van der Waals surface area contributed by atoms with E-state index in [1.807, 2.05) is 22.9 Å². The molecule has 0 fully saturated rings. The molecule has 1 aromatic heterocycles. The van der Waals surface area contributed by atoms with Crippen LogP contribution in [0.3, 0.4) is 0 Å². The van der Waals surface area contributed by atoms with E-state index in [1.165, 1.54) is 12.1 Å². The quantitative estimate of drug-likeness (QED) is 0.817. The van der Waals surface area contributed by atoms with Gasteiger partial charge in [-0.25, -0.2) is 4.39 Å². The van der Waals surface area contributed by atoms with Gasteiger partial charge in [0, 0.05) is 18.4 Å². The molecule has 2 nitrogen and oxygen atoms in total. The number of aliphatic hydroxyl groups excluding tert-OH is 1. The molecule has 0 aliphatic heterocycles. The van der Waals surface area contributed by atoms with E-state index in [0.29, 0.717) is 6.54 Å². The highest BCUT2D eigenvalue weighted by Gasteiger charge is 2.03. The maximum atomic E-state index is 12.7. The molecular weight excluding hydrogens is 193 g/mol. The van der Waals surface area contributed by atoms with Crippen molar-refractivity contribution in [1.82, 2.24) is 4.57 Å². The Balaban J connectivity index is 2.36. The maximum absolute atomic E-state index is 12.7. The van der Waals surface area contributed by atoms with Crippen molar-refractivity contribution >= 4 is 0 Å². The van der Waals surface area contributed by atoms with Crippen molar-refractivity contribution in [2.75, 3.05) is 6.61 Å². The van der Waals surface area contributed by atoms with Crippen molar-refractivity contribution in [3.05, 3.63) is 48.4 Å². The first-order valence-electron chi connectivity index (χ1n) is 4.83. The zero-order valence-corrected chi connectivity index (χ0v) is 8.23. The Hall–Kier alpha value is -1.61. The fraction of sp³-hybridized carbons (Fsp3) is 0.167. The van der Waals surface area contributed by atoms with Crippen molar-refractivity contribution < 1.29 is 9.50 Å². The lowest BCUT2D eigenvalue weighted by atomic mass is 10.1. The van der Waals surface area contributed by atoms with Crippen LogP contribution in [0.2, 0.25) is 0 Å². The Kier molecular flexibility index (Phi) is 2.83. The average molecular weight is 205 g/mol. The van der Waals surface area contributed by atoms with Gasteiger partial charge in [0.2, 0.25) is 0 Å². The molecule has 0 unspecified atom stereocenters. The Morgan fingerprint density at radius 3 is 2.53 bits per heavy atom. The van der Waals surface area contributed by atoms with E-state index in [0.717, 1.165) is 11.3 Å². The molecule has 1 heterocycles. The maximum Gasteiger partial charge on any atom is 0.123 e. The third kappa shape index (κ3) is 2.07. The lowest BCUT2D eigenvalue weighted by Gasteiger charge is -2.07. The van der Waals surface area contributed by atoms with Crippen LogP contribution in [0.4, 0.5) is 4.39 Å². The second-order valence-corrected chi connectivity index (χ2v) is 3.32. The second kappa shape index (κ2) is 4.28. The van der Waals surface area contributed by atoms with Crippen molar-refractivity contribution in [1.29, 1.82) is 0 Å². The third-order valence-electron chi connectivity index (χ3n) is 2.31. The molecule has 0 saturated heterocycles. The van der Waals surface area contributed by atoms with Gasteiger partial charge in [-0.2, -0.15) is 0 Å². The average Bonchev–Trinajstić information content (AvgIpc) is 2.68. The van der Waals surface area contributed by atoms with E-state index in [1.54, 1.807) is 12.1 Å². The molecule has 2 aromatic rings. The van der Waals surface area contributed by atoms with Gasteiger partial charge in [0.15, 0.2) is 0 Å². The summed E-state index contributed by atoms with van der Waals surface area (Å²) in [4.78, 5) is 0. The van der Waals surface area contributed by atoms with E-state index in [4.69, 9.17) is 5.11 Å². The Bertz CT molecular complexity index is 433. The summed E-state index contributed by atoms with van der Waals surface area (Å²) in [6.07, 6.45) is 1.90. The van der Waals surface area contributed by atoms with Gasteiger partial charge < -0.3 is 9.67 Å². The fourth-order valence-corrected chi connectivity index (χ4v) is 1.60. The Morgan fingerprint density at radius 1 is 1.13 bits per heavy atom. The van der Waals surface area contributed by atoms with Crippen LogP contribution in [-0.4, -0.2) is 16.3 Å². The lowest BCUT2D eigenvalue weighted by Crippen LogP contribution is -2.01. The number of rotatable bonds is 3. The largest absolute Gasteiger partial charge is 0.395 e. The van der Waals surface area contributed by atoms with Crippen molar-refractivity contribution in [2.45, 2.75) is 6.54 Å². The van der Waals surface area contributed by atoms with Gasteiger partial charge in [0.1, 0.15) is 5.82 Å². The van der Waals surface area contributed by atoms with E-state index in [9.17, 15) is 4.39 Å². The Morgan fingerprint density at radius 2 is 1.87 bits per heavy atom. The van der Waals surface area contributed by atoms with Crippen LogP contribution in [-0.2, 0) is 6.54 Å². The van der Waals surface area contributed by atoms with E-state index in [2.05, 4.69) is 0 Å². The van der Waals surface area contributed by atoms with Gasteiger partial charge in [-0.3, -0.25) is 0 Å². The number of nitrogens with zero attached hydrogens (tertiary/aromatic N) is 1. The fourth-order valence-electron chi connectivity index (χ4n) is 1.60. The molecule has 0 spiro atoms. The molecule has 0 aliphatic carbocycles. The number of aliphatic hydroxyl groups is 1. The van der Waals surface area contributed by atoms with Crippen LogP contribution in [0.1, 0.15) is 0 Å².